The van der Waals surface area contributed by atoms with Gasteiger partial charge in [0.2, 0.25) is 0 Å². The molecule has 1 saturated heterocycles. The van der Waals surface area contributed by atoms with Gasteiger partial charge < -0.3 is 0 Å². The molecule has 30 heavy (non-hydrogen) atoms. The fourth-order valence-corrected chi connectivity index (χ4v) is 5.05. The molecule has 168 valence electrons. The quantitative estimate of drug-likeness (QED) is 0.306. The van der Waals surface area contributed by atoms with Gasteiger partial charge >= 0.3 is 174 Å². The van der Waals surface area contributed by atoms with E-state index in [-0.39, 0.29) is 26.0 Å². The number of methoxy groups -OCH3 is 1. The molecular formula is C18H28N3O8P. The van der Waals surface area contributed by atoms with Crippen LogP contribution in [0.5, 0.6) is 0 Å². The molecule has 11 nitrogen and oxygen atoms in total. The van der Waals surface area contributed by atoms with Crippen molar-refractivity contribution in [1.82, 2.24) is 15.4 Å². The number of carboxylic acid groups (broad SMARTS) is 1. The second-order valence-corrected chi connectivity index (χ2v) is 9.55. The summed E-state index contributed by atoms with van der Waals surface area (Å²) in [5.74, 6) is -2.23. The molecule has 1 aromatic rings. The summed E-state index contributed by atoms with van der Waals surface area (Å²) in [6.45, 7) is 3.44. The van der Waals surface area contributed by atoms with Crippen LogP contribution in [0.3, 0.4) is 0 Å². The monoisotopic (exact) mass is 445 g/mol. The van der Waals surface area contributed by atoms with Crippen LogP contribution in [0.4, 0.5) is 0 Å². The topological polar surface area (TPSA) is 156 Å². The molecule has 1 amide bonds. The van der Waals surface area contributed by atoms with Crippen molar-refractivity contribution < 1.29 is 38.2 Å². The number of hydrogen-bond acceptors (Lipinski definition) is 9. The number of nitrogens with one attached hydrogen (secondary N) is 2. The van der Waals surface area contributed by atoms with Gasteiger partial charge in [-0.3, -0.25) is 0 Å². The second-order valence-electron chi connectivity index (χ2n) is 7.57. The summed E-state index contributed by atoms with van der Waals surface area (Å²) in [4.78, 5) is 50.3. The number of carboxylic acids is 1. The Labute approximate surface area is 174 Å². The van der Waals surface area contributed by atoms with E-state index in [2.05, 4.69) is 20.1 Å². The van der Waals surface area contributed by atoms with E-state index >= 15 is 0 Å². The van der Waals surface area contributed by atoms with Gasteiger partial charge in [0.05, 0.1) is 0 Å². The molecule has 0 spiro atoms. The Bertz CT molecular complexity index is 763. The number of aliphatic carboxylic acids is 1. The molecule has 0 radical (unpaired) electrons. The van der Waals surface area contributed by atoms with Crippen molar-refractivity contribution in [3.8, 4) is 0 Å². The van der Waals surface area contributed by atoms with Crippen molar-refractivity contribution in [3.63, 3.8) is 0 Å². The van der Waals surface area contributed by atoms with E-state index in [0.29, 0.717) is 5.56 Å². The molecule has 0 aromatic carbocycles. The average Bonchev–Trinajstić information content (AvgIpc) is 2.70. The molecule has 4 N–H and O–H groups in total. The first-order valence-corrected chi connectivity index (χ1v) is 11.1. The van der Waals surface area contributed by atoms with E-state index < -0.39 is 43.5 Å². The number of pyridine rings is 1. The van der Waals surface area contributed by atoms with Crippen LogP contribution in [-0.2, 0) is 34.6 Å². The Kier molecular flexibility index (Phi) is 8.22. The molecule has 1 aliphatic heterocycles. The van der Waals surface area contributed by atoms with Gasteiger partial charge in [-0.2, -0.15) is 0 Å². The minimum atomic E-state index is -4.20. The van der Waals surface area contributed by atoms with Crippen LogP contribution in [0, 0.1) is 5.41 Å². The summed E-state index contributed by atoms with van der Waals surface area (Å²) >= 11 is 0. The molecule has 1 unspecified atom stereocenters. The third kappa shape index (κ3) is 6.68. The molecule has 1 aromatic heterocycles. The predicted molar refractivity (Wildman–Crippen MR) is 107 cm³/mol. The van der Waals surface area contributed by atoms with E-state index in [1.165, 1.54) is 13.3 Å². The van der Waals surface area contributed by atoms with Crippen molar-refractivity contribution in [2.75, 3.05) is 20.3 Å². The number of carbonyl (C=O) groups excluding carboxylic acids is 2. The Morgan fingerprint density at radius 1 is 1.43 bits per heavy atom. The first-order valence-electron chi connectivity index (χ1n) is 9.34. The van der Waals surface area contributed by atoms with E-state index in [1.807, 2.05) is 0 Å². The molecule has 0 aliphatic carbocycles. The number of ether oxygens (including phenoxy) is 1. The van der Waals surface area contributed by atoms with E-state index in [0.717, 1.165) is 0 Å². The first-order chi connectivity index (χ1) is 14.1. The van der Waals surface area contributed by atoms with Crippen LogP contribution >= 0.6 is 8.09 Å². The number of esters is 1. The average molecular weight is 445 g/mol. The van der Waals surface area contributed by atoms with Gasteiger partial charge in [-0.1, -0.05) is 0 Å². The molecule has 12 heteroatoms. The Balaban J connectivity index is 2.07. The number of amides is 1. The van der Waals surface area contributed by atoms with E-state index in [1.54, 1.807) is 32.2 Å². The van der Waals surface area contributed by atoms with Crippen LogP contribution in [0.1, 0.15) is 25.8 Å². The molecule has 2 heterocycles. The van der Waals surface area contributed by atoms with E-state index in [4.69, 9.17) is 9.05 Å². The maximum absolute atomic E-state index is 12.6. The van der Waals surface area contributed by atoms with Crippen molar-refractivity contribution in [1.29, 1.82) is 0 Å². The van der Waals surface area contributed by atoms with Crippen LogP contribution in [-0.4, -0.2) is 65.2 Å². The normalized spacial score (nSPS) is 21.8. The number of hydrogen-bond donors (Lipinski definition) is 4. The summed E-state index contributed by atoms with van der Waals surface area (Å²) in [5, 5.41) is 14.7. The summed E-state index contributed by atoms with van der Waals surface area (Å²) in [5.41, 5.74) is -0.151. The summed E-state index contributed by atoms with van der Waals surface area (Å²) in [6.07, 6.45) is 1.99. The zero-order chi connectivity index (χ0) is 22.4. The fraction of sp³-hybridized carbons (Fsp3) is 0.556. The summed E-state index contributed by atoms with van der Waals surface area (Å²) in [6, 6.07) is 2.17. The van der Waals surface area contributed by atoms with Crippen molar-refractivity contribution >= 4 is 25.9 Å². The zero-order valence-corrected chi connectivity index (χ0v) is 18.1. The molecule has 0 saturated carbocycles. The number of carbonyl (C=O) groups is 3. The Morgan fingerprint density at radius 2 is 2.17 bits per heavy atom. The van der Waals surface area contributed by atoms with Crippen molar-refractivity contribution in [3.05, 3.63) is 30.1 Å². The van der Waals surface area contributed by atoms with E-state index in [9.17, 15) is 24.4 Å². The third-order valence-corrected chi connectivity index (χ3v) is 6.34. The standard InChI is InChI=1S/C18H28N3O8P/c1-18(2)11-28-30(26,29-15(18)16(23)20-8-6-14(22)27-3)21-13(17(24)25)9-12-5-4-7-19-10-12/h4-5,7,10,13,15,21,26,30H,6,8-9,11H2,1-3H3,(H,20,23)(H,24,25)/t13?,15-/m0/s1. The van der Waals surface area contributed by atoms with Gasteiger partial charge in [0.1, 0.15) is 0 Å². The van der Waals surface area contributed by atoms with Crippen LogP contribution in [0.15, 0.2) is 24.5 Å². The van der Waals surface area contributed by atoms with Crippen molar-refractivity contribution in [2.45, 2.75) is 38.8 Å². The summed E-state index contributed by atoms with van der Waals surface area (Å²) < 4.78 is 15.6. The molecule has 1 fully saturated rings. The number of nitrogens with zero attached hydrogens (tertiary/aromatic N) is 1. The zero-order valence-electron chi connectivity index (χ0n) is 17.1. The van der Waals surface area contributed by atoms with Gasteiger partial charge in [0, 0.05) is 0 Å². The van der Waals surface area contributed by atoms with Gasteiger partial charge in [0.15, 0.2) is 0 Å². The predicted octanol–water partition coefficient (Wildman–Crippen LogP) is 0.190. The molecular weight excluding hydrogens is 417 g/mol. The maximum atomic E-state index is 12.6. The Morgan fingerprint density at radius 3 is 2.77 bits per heavy atom. The molecule has 1 aliphatic rings. The Hall–Kier alpha value is -2.17. The number of rotatable bonds is 9. The SMILES string of the molecule is COC(=O)CCNC(=O)[C@@H]1O[PH](O)(NC(Cc2cccnc2)C(=O)O)OCC1(C)C. The van der Waals surface area contributed by atoms with Gasteiger partial charge in [-0.15, -0.1) is 0 Å². The van der Waals surface area contributed by atoms with Crippen LogP contribution in [0.2, 0.25) is 0 Å². The van der Waals surface area contributed by atoms with Crippen molar-refractivity contribution in [2.24, 2.45) is 5.41 Å². The van der Waals surface area contributed by atoms with Gasteiger partial charge in [-0.25, -0.2) is 0 Å². The molecule has 2 atom stereocenters. The fourth-order valence-electron chi connectivity index (χ4n) is 2.85. The molecule has 2 rings (SSSR count). The second kappa shape index (κ2) is 10.2. The van der Waals surface area contributed by atoms with Crippen LogP contribution in [0.25, 0.3) is 0 Å². The van der Waals surface area contributed by atoms with Crippen LogP contribution < -0.4 is 10.4 Å². The van der Waals surface area contributed by atoms with Gasteiger partial charge in [-0.05, 0) is 0 Å². The molecule has 0 bridgehead atoms. The third-order valence-electron chi connectivity index (χ3n) is 4.54. The summed E-state index contributed by atoms with van der Waals surface area (Å²) in [7, 11) is -2.96. The minimum absolute atomic E-state index is 0.0158. The number of aromatic nitrogens is 1. The van der Waals surface area contributed by atoms with Gasteiger partial charge in [0.25, 0.3) is 0 Å². The first kappa shape index (κ1) is 24.1.